The van der Waals surface area contributed by atoms with Gasteiger partial charge < -0.3 is 14.8 Å². The largest absolute Gasteiger partial charge is 0.369 e. The molecule has 1 N–H and O–H groups in total. The molecule has 0 unspecified atom stereocenters. The van der Waals surface area contributed by atoms with Crippen LogP contribution in [0, 0.1) is 5.92 Å². The lowest BCUT2D eigenvalue weighted by Crippen LogP contribution is -2.34. The Kier molecular flexibility index (Phi) is 6.37. The fourth-order valence-electron chi connectivity index (χ4n) is 3.07. The van der Waals surface area contributed by atoms with Crippen LogP contribution in [-0.4, -0.2) is 29.5 Å². The van der Waals surface area contributed by atoms with Crippen LogP contribution >= 0.6 is 11.6 Å². The second-order valence-corrected chi connectivity index (χ2v) is 7.65. The first-order valence-corrected chi connectivity index (χ1v) is 9.68. The number of nitrogens with one attached hydrogen (secondary N) is 1. The average molecular weight is 397 g/mol. The van der Waals surface area contributed by atoms with Crippen molar-refractivity contribution in [2.45, 2.75) is 20.4 Å². The van der Waals surface area contributed by atoms with E-state index in [1.807, 2.05) is 49.6 Å². The predicted octanol–water partition coefficient (Wildman–Crippen LogP) is 5.00. The predicted molar refractivity (Wildman–Crippen MR) is 115 cm³/mol. The lowest BCUT2D eigenvalue weighted by Gasteiger charge is -2.27. The first kappa shape index (κ1) is 20.0. The van der Waals surface area contributed by atoms with E-state index in [2.05, 4.69) is 28.7 Å². The van der Waals surface area contributed by atoms with Crippen LogP contribution in [0.3, 0.4) is 0 Å². The minimum absolute atomic E-state index is 0.0901. The first-order valence-electron chi connectivity index (χ1n) is 9.30. The third kappa shape index (κ3) is 4.73. The molecular formula is C22H25ClN4O. The van der Waals surface area contributed by atoms with Crippen LogP contribution in [-0.2, 0) is 6.54 Å². The minimum Gasteiger partial charge on any atom is -0.369 e. The van der Waals surface area contributed by atoms with Crippen molar-refractivity contribution in [1.29, 1.82) is 0 Å². The van der Waals surface area contributed by atoms with Crippen LogP contribution in [0.15, 0.2) is 61.1 Å². The van der Waals surface area contributed by atoms with E-state index >= 15 is 0 Å². The summed E-state index contributed by atoms with van der Waals surface area (Å²) in [5, 5.41) is 0.466. The normalized spacial score (nSPS) is 10.9. The number of imidazole rings is 1. The molecule has 0 saturated heterocycles. The maximum atomic E-state index is 13.3. The quantitative estimate of drug-likeness (QED) is 0.611. The molecule has 0 aliphatic heterocycles. The number of rotatable bonds is 7. The van der Waals surface area contributed by atoms with Crippen molar-refractivity contribution >= 4 is 28.9 Å². The van der Waals surface area contributed by atoms with Gasteiger partial charge in [0.05, 0.1) is 29.2 Å². The van der Waals surface area contributed by atoms with Crippen molar-refractivity contribution in [3.63, 3.8) is 0 Å². The summed E-state index contributed by atoms with van der Waals surface area (Å²) in [6.07, 6.45) is 3.48. The van der Waals surface area contributed by atoms with Crippen LogP contribution in [0.5, 0.6) is 0 Å². The van der Waals surface area contributed by atoms with Crippen molar-refractivity contribution in [3.05, 3.63) is 77.3 Å². The highest BCUT2D eigenvalue weighted by atomic mass is 35.5. The summed E-state index contributed by atoms with van der Waals surface area (Å²) in [4.78, 5) is 24.4. The zero-order chi connectivity index (χ0) is 20.1. The number of benzene rings is 2. The number of aromatic amines is 1. The Morgan fingerprint density at radius 3 is 2.57 bits per heavy atom. The number of aromatic nitrogens is 2. The Hall–Kier alpha value is -2.79. The number of hydrogen-bond acceptors (Lipinski definition) is 3. The van der Waals surface area contributed by atoms with E-state index in [1.165, 1.54) is 0 Å². The molecule has 6 heteroatoms. The molecular weight excluding hydrogens is 372 g/mol. The number of hydrogen-bond donors (Lipinski definition) is 1. The van der Waals surface area contributed by atoms with E-state index in [-0.39, 0.29) is 5.91 Å². The molecule has 0 saturated carbocycles. The Bertz CT molecular complexity index is 924. The molecule has 2 aromatic carbocycles. The summed E-state index contributed by atoms with van der Waals surface area (Å²) in [6.45, 7) is 5.51. The van der Waals surface area contributed by atoms with Crippen LogP contribution in [0.2, 0.25) is 5.02 Å². The van der Waals surface area contributed by atoms with Gasteiger partial charge in [0.25, 0.3) is 5.91 Å². The van der Waals surface area contributed by atoms with Crippen molar-refractivity contribution in [1.82, 2.24) is 9.97 Å². The highest BCUT2D eigenvalue weighted by Gasteiger charge is 2.21. The molecule has 3 aromatic rings. The molecule has 0 fully saturated rings. The molecule has 0 bridgehead atoms. The fourth-order valence-corrected chi connectivity index (χ4v) is 3.28. The van der Waals surface area contributed by atoms with E-state index in [9.17, 15) is 4.79 Å². The number of nitrogens with zero attached hydrogens (tertiary/aromatic N) is 3. The zero-order valence-electron chi connectivity index (χ0n) is 16.4. The van der Waals surface area contributed by atoms with Gasteiger partial charge in [-0.05, 0) is 36.2 Å². The molecule has 28 heavy (non-hydrogen) atoms. The van der Waals surface area contributed by atoms with Gasteiger partial charge in [-0.1, -0.05) is 43.6 Å². The minimum atomic E-state index is -0.0901. The highest BCUT2D eigenvalue weighted by Crippen LogP contribution is 2.27. The number of anilines is 2. The summed E-state index contributed by atoms with van der Waals surface area (Å²) in [5.41, 5.74) is 3.42. The van der Waals surface area contributed by atoms with E-state index in [1.54, 1.807) is 23.4 Å². The summed E-state index contributed by atoms with van der Waals surface area (Å²) in [6, 6.07) is 15.2. The maximum Gasteiger partial charge on any atom is 0.259 e. The van der Waals surface area contributed by atoms with Gasteiger partial charge in [0.1, 0.15) is 0 Å². The van der Waals surface area contributed by atoms with Gasteiger partial charge >= 0.3 is 0 Å². The molecule has 1 heterocycles. The van der Waals surface area contributed by atoms with Gasteiger partial charge in [-0.2, -0.15) is 0 Å². The SMILES string of the molecule is CC(C)CN(C(=O)c1ccccc1Cl)c1cccc(N(C)Cc2cnc[nH]2)c1. The molecule has 3 rings (SSSR count). The van der Waals surface area contributed by atoms with Gasteiger partial charge in [0, 0.05) is 31.2 Å². The lowest BCUT2D eigenvalue weighted by molar-refractivity contribution is 0.0984. The maximum absolute atomic E-state index is 13.3. The van der Waals surface area contributed by atoms with Crippen LogP contribution in [0.25, 0.3) is 0 Å². The van der Waals surface area contributed by atoms with Crippen LogP contribution in [0.1, 0.15) is 29.9 Å². The van der Waals surface area contributed by atoms with Crippen molar-refractivity contribution < 1.29 is 4.79 Å². The number of amides is 1. The average Bonchev–Trinajstić information content (AvgIpc) is 3.19. The van der Waals surface area contributed by atoms with E-state index in [0.29, 0.717) is 29.6 Å². The summed E-state index contributed by atoms with van der Waals surface area (Å²) in [7, 11) is 2.02. The van der Waals surface area contributed by atoms with E-state index < -0.39 is 0 Å². The fraction of sp³-hybridized carbons (Fsp3) is 0.273. The Balaban J connectivity index is 1.90. The molecule has 0 aliphatic carbocycles. The molecule has 0 spiro atoms. The number of carbonyl (C=O) groups is 1. The summed E-state index contributed by atoms with van der Waals surface area (Å²) >= 11 is 6.28. The molecule has 5 nitrogen and oxygen atoms in total. The van der Waals surface area contributed by atoms with Crippen molar-refractivity contribution in [2.75, 3.05) is 23.4 Å². The third-order valence-corrected chi connectivity index (χ3v) is 4.77. The van der Waals surface area contributed by atoms with Crippen LogP contribution < -0.4 is 9.80 Å². The van der Waals surface area contributed by atoms with Gasteiger partial charge in [0.15, 0.2) is 0 Å². The van der Waals surface area contributed by atoms with Gasteiger partial charge in [-0.3, -0.25) is 4.79 Å². The topological polar surface area (TPSA) is 52.2 Å². The molecule has 0 aliphatic rings. The molecule has 146 valence electrons. The Morgan fingerprint density at radius 1 is 1.14 bits per heavy atom. The smallest absolute Gasteiger partial charge is 0.259 e. The van der Waals surface area contributed by atoms with Gasteiger partial charge in [-0.25, -0.2) is 4.98 Å². The molecule has 0 atom stereocenters. The second-order valence-electron chi connectivity index (χ2n) is 7.24. The van der Waals surface area contributed by atoms with E-state index in [4.69, 9.17) is 11.6 Å². The van der Waals surface area contributed by atoms with Gasteiger partial charge in [-0.15, -0.1) is 0 Å². The first-order chi connectivity index (χ1) is 13.5. The molecule has 1 amide bonds. The number of H-pyrrole nitrogens is 1. The second kappa shape index (κ2) is 8.93. The number of halogens is 1. The number of carbonyl (C=O) groups excluding carboxylic acids is 1. The van der Waals surface area contributed by atoms with E-state index in [0.717, 1.165) is 17.1 Å². The molecule has 1 aromatic heterocycles. The Morgan fingerprint density at radius 2 is 1.89 bits per heavy atom. The summed E-state index contributed by atoms with van der Waals surface area (Å²) in [5.74, 6) is 0.227. The monoisotopic (exact) mass is 396 g/mol. The Labute approximate surface area is 171 Å². The lowest BCUT2D eigenvalue weighted by atomic mass is 10.1. The zero-order valence-corrected chi connectivity index (χ0v) is 17.1. The van der Waals surface area contributed by atoms with Crippen LogP contribution in [0.4, 0.5) is 11.4 Å². The standard InChI is InChI=1S/C22H25ClN4O/c1-16(2)13-27(22(28)20-9-4-5-10-21(20)23)19-8-6-7-18(11-19)26(3)14-17-12-24-15-25-17/h4-12,15-16H,13-14H2,1-3H3,(H,24,25). The third-order valence-electron chi connectivity index (χ3n) is 4.44. The summed E-state index contributed by atoms with van der Waals surface area (Å²) < 4.78 is 0. The highest BCUT2D eigenvalue weighted by molar-refractivity contribution is 6.34. The van der Waals surface area contributed by atoms with Crippen molar-refractivity contribution in [2.24, 2.45) is 5.92 Å². The van der Waals surface area contributed by atoms with Gasteiger partial charge in [0.2, 0.25) is 0 Å². The van der Waals surface area contributed by atoms with Crippen molar-refractivity contribution in [3.8, 4) is 0 Å². The molecule has 0 radical (unpaired) electrons.